The van der Waals surface area contributed by atoms with E-state index in [1.807, 2.05) is 0 Å². The zero-order valence-corrected chi connectivity index (χ0v) is 6.57. The zero-order valence-electron chi connectivity index (χ0n) is 6.57. The third kappa shape index (κ3) is 2.01. The lowest BCUT2D eigenvalue weighted by Gasteiger charge is -1.97. The predicted octanol–water partition coefficient (Wildman–Crippen LogP) is 1.41. The molecule has 0 heterocycles. The van der Waals surface area contributed by atoms with Crippen molar-refractivity contribution in [3.63, 3.8) is 0 Å². The van der Waals surface area contributed by atoms with Gasteiger partial charge in [-0.1, -0.05) is 11.8 Å². The minimum atomic E-state index is -1.28. The van der Waals surface area contributed by atoms with Crippen molar-refractivity contribution in [2.24, 2.45) is 5.73 Å². The van der Waals surface area contributed by atoms with Crippen LogP contribution in [-0.4, -0.2) is 6.54 Å². The topological polar surface area (TPSA) is 26.0 Å². The van der Waals surface area contributed by atoms with Crippen LogP contribution in [0.5, 0.6) is 0 Å². The lowest BCUT2D eigenvalue weighted by Crippen LogP contribution is -1.97. The van der Waals surface area contributed by atoms with Crippen molar-refractivity contribution >= 4 is 0 Å². The lowest BCUT2D eigenvalue weighted by molar-refractivity contribution is 0.491. The van der Waals surface area contributed by atoms with Gasteiger partial charge in [-0.15, -0.1) is 0 Å². The van der Waals surface area contributed by atoms with Gasteiger partial charge in [0.25, 0.3) is 0 Å². The standard InChI is InChI=1S/C9H6F3N/c10-7-3-4-8(11)9(12)6(7)2-1-5-13/h3-4H,5,13H2. The number of halogens is 3. The van der Waals surface area contributed by atoms with Crippen molar-refractivity contribution < 1.29 is 13.2 Å². The number of benzene rings is 1. The highest BCUT2D eigenvalue weighted by Crippen LogP contribution is 2.14. The lowest BCUT2D eigenvalue weighted by atomic mass is 10.2. The van der Waals surface area contributed by atoms with E-state index >= 15 is 0 Å². The third-order valence-electron chi connectivity index (χ3n) is 1.36. The molecule has 2 N–H and O–H groups in total. The van der Waals surface area contributed by atoms with Crippen LogP contribution >= 0.6 is 0 Å². The van der Waals surface area contributed by atoms with Crippen LogP contribution in [-0.2, 0) is 0 Å². The first-order valence-electron chi connectivity index (χ1n) is 3.49. The van der Waals surface area contributed by atoms with Crippen LogP contribution in [0.25, 0.3) is 0 Å². The van der Waals surface area contributed by atoms with E-state index in [1.165, 1.54) is 0 Å². The molecule has 1 aromatic carbocycles. The van der Waals surface area contributed by atoms with Crippen LogP contribution in [0.1, 0.15) is 5.56 Å². The van der Waals surface area contributed by atoms with E-state index in [4.69, 9.17) is 5.73 Å². The second-order valence-corrected chi connectivity index (χ2v) is 2.22. The summed E-state index contributed by atoms with van der Waals surface area (Å²) in [6.45, 7) is -0.0323. The molecule has 0 spiro atoms. The summed E-state index contributed by atoms with van der Waals surface area (Å²) in [7, 11) is 0. The number of rotatable bonds is 0. The van der Waals surface area contributed by atoms with Crippen LogP contribution in [0.4, 0.5) is 13.2 Å². The molecule has 1 nitrogen and oxygen atoms in total. The smallest absolute Gasteiger partial charge is 0.177 e. The van der Waals surface area contributed by atoms with Crippen molar-refractivity contribution in [3.05, 3.63) is 35.1 Å². The van der Waals surface area contributed by atoms with Gasteiger partial charge in [0.1, 0.15) is 5.82 Å². The fraction of sp³-hybridized carbons (Fsp3) is 0.111. The number of hydrogen-bond donors (Lipinski definition) is 1. The van der Waals surface area contributed by atoms with Crippen LogP contribution < -0.4 is 5.73 Å². The summed E-state index contributed by atoms with van der Waals surface area (Å²) in [4.78, 5) is 0. The molecule has 0 atom stereocenters. The number of nitrogens with two attached hydrogens (primary N) is 1. The van der Waals surface area contributed by atoms with Crippen LogP contribution in [0, 0.1) is 29.3 Å². The quantitative estimate of drug-likeness (QED) is 0.480. The summed E-state index contributed by atoms with van der Waals surface area (Å²) >= 11 is 0. The Bertz CT molecular complexity index is 376. The van der Waals surface area contributed by atoms with E-state index in [0.29, 0.717) is 6.07 Å². The molecule has 0 saturated heterocycles. The van der Waals surface area contributed by atoms with Gasteiger partial charge in [0.15, 0.2) is 11.6 Å². The maximum absolute atomic E-state index is 12.8. The SMILES string of the molecule is NCC#Cc1c(F)ccc(F)c1F. The van der Waals surface area contributed by atoms with Gasteiger partial charge in [-0.05, 0) is 12.1 Å². The van der Waals surface area contributed by atoms with E-state index in [2.05, 4.69) is 11.8 Å². The van der Waals surface area contributed by atoms with E-state index in [-0.39, 0.29) is 6.54 Å². The minimum absolute atomic E-state index is 0.0323. The Hall–Kier alpha value is -1.47. The summed E-state index contributed by atoms with van der Waals surface area (Å²) < 4.78 is 38.2. The molecule has 0 aliphatic heterocycles. The first kappa shape index (κ1) is 9.62. The minimum Gasteiger partial charge on any atom is -0.320 e. The Kier molecular flexibility index (Phi) is 2.93. The molecule has 0 fully saturated rings. The van der Waals surface area contributed by atoms with Gasteiger partial charge in [0.2, 0.25) is 0 Å². The van der Waals surface area contributed by atoms with Gasteiger partial charge in [-0.2, -0.15) is 0 Å². The molecule has 68 valence electrons. The molecular formula is C9H6F3N. The van der Waals surface area contributed by atoms with Gasteiger partial charge in [0, 0.05) is 0 Å². The van der Waals surface area contributed by atoms with Crippen LogP contribution in [0.3, 0.4) is 0 Å². The molecule has 0 unspecified atom stereocenters. The summed E-state index contributed by atoms with van der Waals surface area (Å²) in [5.41, 5.74) is 4.42. The Morgan fingerprint density at radius 3 is 2.38 bits per heavy atom. The fourth-order valence-corrected chi connectivity index (χ4v) is 0.781. The van der Waals surface area contributed by atoms with Crippen molar-refractivity contribution in [2.45, 2.75) is 0 Å². The molecule has 0 aliphatic rings. The molecule has 1 aromatic rings. The first-order valence-corrected chi connectivity index (χ1v) is 3.49. The zero-order chi connectivity index (χ0) is 9.84. The van der Waals surface area contributed by atoms with E-state index < -0.39 is 23.0 Å². The summed E-state index contributed by atoms with van der Waals surface area (Å²) in [6, 6.07) is 1.53. The average Bonchev–Trinajstić information content (AvgIpc) is 2.12. The van der Waals surface area contributed by atoms with Crippen molar-refractivity contribution in [2.75, 3.05) is 6.54 Å². The second-order valence-electron chi connectivity index (χ2n) is 2.22. The predicted molar refractivity (Wildman–Crippen MR) is 42.2 cm³/mol. The van der Waals surface area contributed by atoms with Crippen molar-refractivity contribution in [3.8, 4) is 11.8 Å². The highest BCUT2D eigenvalue weighted by Gasteiger charge is 2.10. The van der Waals surface area contributed by atoms with E-state index in [9.17, 15) is 13.2 Å². The van der Waals surface area contributed by atoms with Gasteiger partial charge in [0.05, 0.1) is 12.1 Å². The average molecular weight is 185 g/mol. The molecule has 13 heavy (non-hydrogen) atoms. The van der Waals surface area contributed by atoms with E-state index in [1.54, 1.807) is 0 Å². The maximum Gasteiger partial charge on any atom is 0.177 e. The Morgan fingerprint density at radius 2 is 1.77 bits per heavy atom. The van der Waals surface area contributed by atoms with Gasteiger partial charge in [-0.25, -0.2) is 13.2 Å². The van der Waals surface area contributed by atoms with Crippen molar-refractivity contribution in [1.29, 1.82) is 0 Å². The largest absolute Gasteiger partial charge is 0.320 e. The Morgan fingerprint density at radius 1 is 1.15 bits per heavy atom. The molecule has 1 rings (SSSR count). The summed E-state index contributed by atoms with van der Waals surface area (Å²) in [5, 5.41) is 0. The number of hydrogen-bond acceptors (Lipinski definition) is 1. The normalized spacial score (nSPS) is 9.23. The van der Waals surface area contributed by atoms with Gasteiger partial charge in [-0.3, -0.25) is 0 Å². The van der Waals surface area contributed by atoms with Gasteiger partial charge >= 0.3 is 0 Å². The Balaban J connectivity index is 3.25. The van der Waals surface area contributed by atoms with Crippen LogP contribution in [0.15, 0.2) is 12.1 Å². The van der Waals surface area contributed by atoms with E-state index in [0.717, 1.165) is 6.07 Å². The molecule has 0 bridgehead atoms. The Labute approximate surface area is 73.4 Å². The van der Waals surface area contributed by atoms with Crippen molar-refractivity contribution in [1.82, 2.24) is 0 Å². The molecule has 0 aliphatic carbocycles. The van der Waals surface area contributed by atoms with Crippen LogP contribution in [0.2, 0.25) is 0 Å². The monoisotopic (exact) mass is 185 g/mol. The van der Waals surface area contributed by atoms with Gasteiger partial charge < -0.3 is 5.73 Å². The molecular weight excluding hydrogens is 179 g/mol. The first-order chi connectivity index (χ1) is 6.16. The highest BCUT2D eigenvalue weighted by molar-refractivity contribution is 5.37. The molecule has 0 saturated carbocycles. The third-order valence-corrected chi connectivity index (χ3v) is 1.36. The molecule has 0 radical (unpaired) electrons. The summed E-state index contributed by atoms with van der Waals surface area (Å²) in [5.74, 6) is 1.07. The second kappa shape index (κ2) is 3.97. The molecule has 4 heteroatoms. The molecule has 0 amide bonds. The molecule has 0 aromatic heterocycles. The maximum atomic E-state index is 12.8. The highest BCUT2D eigenvalue weighted by atomic mass is 19.2. The fourth-order valence-electron chi connectivity index (χ4n) is 0.781. The summed E-state index contributed by atoms with van der Waals surface area (Å²) in [6.07, 6.45) is 0.